The van der Waals surface area contributed by atoms with Gasteiger partial charge in [0.15, 0.2) is 0 Å². The third-order valence-corrected chi connectivity index (χ3v) is 4.78. The van der Waals surface area contributed by atoms with Gasteiger partial charge >= 0.3 is 0 Å². The van der Waals surface area contributed by atoms with Crippen molar-refractivity contribution in [3.8, 4) is 5.75 Å². The van der Waals surface area contributed by atoms with E-state index >= 15 is 0 Å². The van der Waals surface area contributed by atoms with E-state index < -0.39 is 5.82 Å². The predicted molar refractivity (Wildman–Crippen MR) is 120 cm³/mol. The van der Waals surface area contributed by atoms with Gasteiger partial charge in [-0.3, -0.25) is 0 Å². The van der Waals surface area contributed by atoms with Crippen LogP contribution in [0.1, 0.15) is 31.2 Å². The zero-order valence-electron chi connectivity index (χ0n) is 17.5. The molecule has 3 N–H and O–H groups in total. The quantitative estimate of drug-likeness (QED) is 0.239. The zero-order chi connectivity index (χ0) is 22.6. The first-order valence-electron chi connectivity index (χ1n) is 9.82. The smallest absolute Gasteiger partial charge is 0.141 e. The summed E-state index contributed by atoms with van der Waals surface area (Å²) in [7, 11) is 3.07. The molecule has 166 valence electrons. The molecule has 0 spiro atoms. The van der Waals surface area contributed by atoms with Gasteiger partial charge in [-0.2, -0.15) is 0 Å². The van der Waals surface area contributed by atoms with Crippen molar-refractivity contribution in [2.75, 3.05) is 19.5 Å². The molecule has 9 heteroatoms. The van der Waals surface area contributed by atoms with Crippen LogP contribution in [-0.4, -0.2) is 35.6 Å². The van der Waals surface area contributed by atoms with E-state index in [0.29, 0.717) is 17.9 Å². The second-order valence-corrected chi connectivity index (χ2v) is 7.05. The molecule has 0 aliphatic heterocycles. The van der Waals surface area contributed by atoms with E-state index in [-0.39, 0.29) is 5.02 Å². The van der Waals surface area contributed by atoms with E-state index in [1.165, 1.54) is 25.5 Å². The average Bonchev–Trinajstić information content (AvgIpc) is 2.76. The maximum Gasteiger partial charge on any atom is 0.141 e. The Balaban J connectivity index is 0.00000107. The normalized spacial score (nSPS) is 10.4. The Kier molecular flexibility index (Phi) is 10.1. The van der Waals surface area contributed by atoms with Crippen molar-refractivity contribution in [2.24, 2.45) is 0 Å². The van der Waals surface area contributed by atoms with Gasteiger partial charge in [-0.05, 0) is 49.1 Å². The van der Waals surface area contributed by atoms with Crippen molar-refractivity contribution in [1.82, 2.24) is 15.4 Å². The fraction of sp³-hybridized carbons (Fsp3) is 0.318. The van der Waals surface area contributed by atoms with E-state index in [1.807, 2.05) is 12.1 Å². The summed E-state index contributed by atoms with van der Waals surface area (Å²) in [5.41, 5.74) is 4.18. The predicted octanol–water partition coefficient (Wildman–Crippen LogP) is 5.07. The second kappa shape index (κ2) is 12.8. The second-order valence-electron chi connectivity index (χ2n) is 6.65. The molecule has 31 heavy (non-hydrogen) atoms. The SMILES string of the molecule is CNO.COc1cc2ncnc(Nc3ccc(F)c(Cl)c3)c2cc1CCCCCC=O. The molecule has 0 fully saturated rings. The first-order chi connectivity index (χ1) is 15.0. The summed E-state index contributed by atoms with van der Waals surface area (Å²) in [6.07, 6.45) is 6.67. The van der Waals surface area contributed by atoms with Crippen molar-refractivity contribution in [3.05, 3.63) is 53.1 Å². The highest BCUT2D eigenvalue weighted by Crippen LogP contribution is 2.31. The van der Waals surface area contributed by atoms with Crippen LogP contribution in [0.25, 0.3) is 10.9 Å². The molecular weight excluding hydrogens is 423 g/mol. The molecule has 0 aliphatic rings. The lowest BCUT2D eigenvalue weighted by molar-refractivity contribution is -0.107. The molecule has 0 amide bonds. The number of hydroxylamine groups is 1. The molecule has 0 saturated carbocycles. The van der Waals surface area contributed by atoms with Crippen molar-refractivity contribution < 1.29 is 19.1 Å². The molecule has 1 aromatic heterocycles. The van der Waals surface area contributed by atoms with Gasteiger partial charge in [0.25, 0.3) is 0 Å². The van der Waals surface area contributed by atoms with Gasteiger partial charge in [-0.15, -0.1) is 0 Å². The number of aromatic nitrogens is 2. The van der Waals surface area contributed by atoms with Gasteiger partial charge in [-0.1, -0.05) is 18.0 Å². The Bertz CT molecular complexity index is 1000. The average molecular weight is 449 g/mol. The number of methoxy groups -OCH3 is 1. The number of rotatable bonds is 9. The number of anilines is 2. The van der Waals surface area contributed by atoms with Crippen LogP contribution in [0, 0.1) is 5.82 Å². The van der Waals surface area contributed by atoms with Crippen LogP contribution in [0.5, 0.6) is 5.75 Å². The molecule has 0 atom stereocenters. The van der Waals surface area contributed by atoms with Gasteiger partial charge in [0.1, 0.15) is 30.0 Å². The number of carbonyl (C=O) groups is 1. The van der Waals surface area contributed by atoms with Crippen LogP contribution in [-0.2, 0) is 11.2 Å². The van der Waals surface area contributed by atoms with E-state index in [9.17, 15) is 9.18 Å². The maximum absolute atomic E-state index is 13.4. The first-order valence-corrected chi connectivity index (χ1v) is 10.2. The monoisotopic (exact) mass is 448 g/mol. The van der Waals surface area contributed by atoms with Crippen LogP contribution in [0.4, 0.5) is 15.9 Å². The minimum absolute atomic E-state index is 0.0426. The Labute approximate surface area is 185 Å². The molecule has 7 nitrogen and oxygen atoms in total. The molecule has 2 aromatic carbocycles. The highest BCUT2D eigenvalue weighted by Gasteiger charge is 2.11. The van der Waals surface area contributed by atoms with Gasteiger partial charge in [0.2, 0.25) is 0 Å². The number of benzene rings is 2. The van der Waals surface area contributed by atoms with Gasteiger partial charge in [0.05, 0.1) is 17.6 Å². The summed E-state index contributed by atoms with van der Waals surface area (Å²) in [5, 5.41) is 11.4. The number of aldehydes is 1. The summed E-state index contributed by atoms with van der Waals surface area (Å²) < 4.78 is 18.9. The van der Waals surface area contributed by atoms with Crippen LogP contribution in [0.2, 0.25) is 5.02 Å². The fourth-order valence-electron chi connectivity index (χ4n) is 3.04. The summed E-state index contributed by atoms with van der Waals surface area (Å²) in [5.74, 6) is 0.913. The molecule has 0 aliphatic carbocycles. The van der Waals surface area contributed by atoms with Crippen molar-refractivity contribution in [3.63, 3.8) is 0 Å². The van der Waals surface area contributed by atoms with Crippen LogP contribution < -0.4 is 15.5 Å². The Hall–Kier alpha value is -2.81. The number of nitrogens with one attached hydrogen (secondary N) is 2. The lowest BCUT2D eigenvalue weighted by Crippen LogP contribution is -1.99. The fourth-order valence-corrected chi connectivity index (χ4v) is 3.22. The van der Waals surface area contributed by atoms with Crippen molar-refractivity contribution in [2.45, 2.75) is 32.1 Å². The summed E-state index contributed by atoms with van der Waals surface area (Å²) in [4.78, 5) is 19.1. The lowest BCUT2D eigenvalue weighted by atomic mass is 10.0. The molecule has 0 unspecified atom stereocenters. The number of nitrogens with zero attached hydrogens (tertiary/aromatic N) is 2. The summed E-state index contributed by atoms with van der Waals surface area (Å²) >= 11 is 5.87. The number of hydrogen-bond acceptors (Lipinski definition) is 7. The first kappa shape index (κ1) is 24.5. The Morgan fingerprint density at radius 3 is 2.65 bits per heavy atom. The molecule has 3 rings (SSSR count). The standard InChI is InChI=1S/C21H21ClFN3O2.CH5NO/c1-28-20-12-19-16(10-14(20)6-4-2-3-5-9-27)21(25-13-24-19)26-15-7-8-18(23)17(22)11-15;1-2-3/h7-13H,2-6H2,1H3,(H,24,25,26);2-3H,1H3. The minimum atomic E-state index is -0.471. The number of carbonyl (C=O) groups excluding carboxylic acids is 1. The van der Waals surface area contributed by atoms with E-state index in [4.69, 9.17) is 21.5 Å². The lowest BCUT2D eigenvalue weighted by Gasteiger charge is -2.13. The number of aryl methyl sites for hydroxylation is 1. The number of fused-ring (bicyclic) bond motifs is 1. The van der Waals surface area contributed by atoms with Gasteiger partial charge in [0, 0.05) is 30.6 Å². The Morgan fingerprint density at radius 1 is 1.19 bits per heavy atom. The minimum Gasteiger partial charge on any atom is -0.496 e. The van der Waals surface area contributed by atoms with E-state index in [2.05, 4.69) is 15.3 Å². The van der Waals surface area contributed by atoms with E-state index in [1.54, 1.807) is 18.7 Å². The van der Waals surface area contributed by atoms with Crippen LogP contribution >= 0.6 is 11.6 Å². The molecule has 1 heterocycles. The molecule has 0 radical (unpaired) electrons. The Morgan fingerprint density at radius 2 is 1.97 bits per heavy atom. The number of halogens is 2. The molecule has 0 saturated heterocycles. The number of unbranched alkanes of at least 4 members (excludes halogenated alkanes) is 3. The maximum atomic E-state index is 13.4. The largest absolute Gasteiger partial charge is 0.496 e. The van der Waals surface area contributed by atoms with E-state index in [0.717, 1.165) is 54.2 Å². The molecular formula is C22H26ClFN4O3. The summed E-state index contributed by atoms with van der Waals surface area (Å²) in [6.45, 7) is 0. The highest BCUT2D eigenvalue weighted by molar-refractivity contribution is 6.31. The van der Waals surface area contributed by atoms with Gasteiger partial charge < -0.3 is 20.1 Å². The topological polar surface area (TPSA) is 96.4 Å². The third kappa shape index (κ3) is 7.13. The number of hydrogen-bond donors (Lipinski definition) is 3. The van der Waals surface area contributed by atoms with Crippen molar-refractivity contribution in [1.29, 1.82) is 0 Å². The molecule has 0 bridgehead atoms. The zero-order valence-corrected chi connectivity index (χ0v) is 18.2. The third-order valence-electron chi connectivity index (χ3n) is 4.49. The highest BCUT2D eigenvalue weighted by atomic mass is 35.5. The molecule has 3 aromatic rings. The summed E-state index contributed by atoms with van der Waals surface area (Å²) in [6, 6.07) is 8.33. The number of ether oxygens (including phenoxy) is 1. The van der Waals surface area contributed by atoms with Crippen molar-refractivity contribution >= 4 is 40.3 Å². The van der Waals surface area contributed by atoms with Crippen LogP contribution in [0.15, 0.2) is 36.7 Å². The van der Waals surface area contributed by atoms with Gasteiger partial charge in [-0.25, -0.2) is 19.8 Å². The van der Waals surface area contributed by atoms with Crippen LogP contribution in [0.3, 0.4) is 0 Å².